The number of nitro benzene ring substituents is 1. The van der Waals surface area contributed by atoms with Crippen LogP contribution in [0.4, 0.5) is 11.4 Å². The molecule has 0 heterocycles. The molecule has 5 nitrogen and oxygen atoms in total. The SMILES string of the molecule is CNc1ccc(CSc2cccc(O)c2)cc1[N+](=O)[O-]. The lowest BCUT2D eigenvalue weighted by Gasteiger charge is -2.06. The van der Waals surface area contributed by atoms with Crippen molar-refractivity contribution in [3.05, 3.63) is 58.1 Å². The van der Waals surface area contributed by atoms with Crippen molar-refractivity contribution in [1.82, 2.24) is 0 Å². The number of phenols is 1. The van der Waals surface area contributed by atoms with E-state index in [9.17, 15) is 15.2 Å². The number of hydrogen-bond donors (Lipinski definition) is 2. The maximum atomic E-state index is 11.0. The molecule has 0 aliphatic heterocycles. The molecule has 0 aliphatic rings. The Labute approximate surface area is 120 Å². The van der Waals surface area contributed by atoms with E-state index in [1.165, 1.54) is 11.8 Å². The van der Waals surface area contributed by atoms with Gasteiger partial charge in [0, 0.05) is 23.8 Å². The molecule has 0 saturated heterocycles. The molecule has 0 aromatic heterocycles. The molecule has 0 saturated carbocycles. The third-order valence-corrected chi connectivity index (χ3v) is 3.82. The number of rotatable bonds is 5. The topological polar surface area (TPSA) is 75.4 Å². The fourth-order valence-electron chi connectivity index (χ4n) is 1.77. The Bertz CT molecular complexity index is 632. The number of hydrogen-bond acceptors (Lipinski definition) is 5. The molecular formula is C14H14N2O3S. The summed E-state index contributed by atoms with van der Waals surface area (Å²) in [6.07, 6.45) is 0. The van der Waals surface area contributed by atoms with E-state index in [0.29, 0.717) is 11.4 Å². The first kappa shape index (κ1) is 14.2. The number of nitro groups is 1. The zero-order valence-electron chi connectivity index (χ0n) is 10.9. The monoisotopic (exact) mass is 290 g/mol. The van der Waals surface area contributed by atoms with Crippen molar-refractivity contribution in [2.45, 2.75) is 10.6 Å². The van der Waals surface area contributed by atoms with Crippen LogP contribution in [0.2, 0.25) is 0 Å². The Balaban J connectivity index is 2.14. The summed E-state index contributed by atoms with van der Waals surface area (Å²) in [5, 5.41) is 23.2. The predicted molar refractivity (Wildman–Crippen MR) is 80.3 cm³/mol. The van der Waals surface area contributed by atoms with Crippen LogP contribution in [0.5, 0.6) is 5.75 Å². The number of anilines is 1. The highest BCUT2D eigenvalue weighted by atomic mass is 32.2. The van der Waals surface area contributed by atoms with Crippen LogP contribution >= 0.6 is 11.8 Å². The van der Waals surface area contributed by atoms with E-state index in [4.69, 9.17) is 0 Å². The highest BCUT2D eigenvalue weighted by molar-refractivity contribution is 7.98. The van der Waals surface area contributed by atoms with E-state index >= 15 is 0 Å². The number of phenolic OH excluding ortho intramolecular Hbond substituents is 1. The Kier molecular flexibility index (Phi) is 4.47. The van der Waals surface area contributed by atoms with Crippen LogP contribution in [0.25, 0.3) is 0 Å². The largest absolute Gasteiger partial charge is 0.508 e. The summed E-state index contributed by atoms with van der Waals surface area (Å²) in [4.78, 5) is 11.5. The molecular weight excluding hydrogens is 276 g/mol. The molecule has 0 spiro atoms. The summed E-state index contributed by atoms with van der Waals surface area (Å²) < 4.78 is 0. The molecule has 6 heteroatoms. The van der Waals surface area contributed by atoms with Crippen molar-refractivity contribution in [3.63, 3.8) is 0 Å². The van der Waals surface area contributed by atoms with Crippen LogP contribution in [-0.2, 0) is 5.75 Å². The maximum absolute atomic E-state index is 11.0. The zero-order chi connectivity index (χ0) is 14.5. The lowest BCUT2D eigenvalue weighted by atomic mass is 10.2. The molecule has 2 N–H and O–H groups in total. The molecule has 0 amide bonds. The van der Waals surface area contributed by atoms with Gasteiger partial charge in [0.15, 0.2) is 0 Å². The molecule has 0 unspecified atom stereocenters. The minimum Gasteiger partial charge on any atom is -0.508 e. The molecule has 0 aliphatic carbocycles. The highest BCUT2D eigenvalue weighted by Gasteiger charge is 2.13. The average Bonchev–Trinajstić information content (AvgIpc) is 2.45. The fourth-order valence-corrected chi connectivity index (χ4v) is 2.66. The van der Waals surface area contributed by atoms with Crippen molar-refractivity contribution < 1.29 is 10.0 Å². The summed E-state index contributed by atoms with van der Waals surface area (Å²) in [7, 11) is 1.66. The first-order valence-corrected chi connectivity index (χ1v) is 6.95. The summed E-state index contributed by atoms with van der Waals surface area (Å²) in [6.45, 7) is 0. The fraction of sp³-hybridized carbons (Fsp3) is 0.143. The second-order valence-electron chi connectivity index (χ2n) is 4.14. The van der Waals surface area contributed by atoms with Gasteiger partial charge in [0.1, 0.15) is 11.4 Å². The van der Waals surface area contributed by atoms with Crippen LogP contribution in [0, 0.1) is 10.1 Å². The van der Waals surface area contributed by atoms with Crippen molar-refractivity contribution in [2.75, 3.05) is 12.4 Å². The Morgan fingerprint density at radius 1 is 1.30 bits per heavy atom. The number of nitrogens with zero attached hydrogens (tertiary/aromatic N) is 1. The first-order valence-electron chi connectivity index (χ1n) is 5.97. The van der Waals surface area contributed by atoms with E-state index < -0.39 is 4.92 Å². The normalized spacial score (nSPS) is 10.2. The average molecular weight is 290 g/mol. The molecule has 104 valence electrons. The molecule has 0 radical (unpaired) electrons. The van der Waals surface area contributed by atoms with Gasteiger partial charge in [0.25, 0.3) is 5.69 Å². The minimum atomic E-state index is -0.394. The first-order chi connectivity index (χ1) is 9.60. The number of aromatic hydroxyl groups is 1. The Morgan fingerprint density at radius 3 is 2.75 bits per heavy atom. The third-order valence-electron chi connectivity index (χ3n) is 2.75. The van der Waals surface area contributed by atoms with Gasteiger partial charge >= 0.3 is 0 Å². The molecule has 0 fully saturated rings. The van der Waals surface area contributed by atoms with Crippen LogP contribution < -0.4 is 5.32 Å². The van der Waals surface area contributed by atoms with Crippen molar-refractivity contribution in [1.29, 1.82) is 0 Å². The maximum Gasteiger partial charge on any atom is 0.292 e. The summed E-state index contributed by atoms with van der Waals surface area (Å²) in [5.41, 5.74) is 1.44. The second kappa shape index (κ2) is 6.29. The van der Waals surface area contributed by atoms with Gasteiger partial charge in [-0.1, -0.05) is 12.1 Å². The number of thioether (sulfide) groups is 1. The van der Waals surface area contributed by atoms with Crippen molar-refractivity contribution in [3.8, 4) is 5.75 Å². The summed E-state index contributed by atoms with van der Waals surface area (Å²) in [5.74, 6) is 0.820. The standard InChI is InChI=1S/C14H14N2O3S/c1-15-13-6-5-10(7-14(13)16(18)19)9-20-12-4-2-3-11(17)8-12/h2-8,15,17H,9H2,1H3. The van der Waals surface area contributed by atoms with Crippen LogP contribution in [0.15, 0.2) is 47.4 Å². The van der Waals surface area contributed by atoms with Crippen molar-refractivity contribution in [2.24, 2.45) is 0 Å². The van der Waals surface area contributed by atoms with Gasteiger partial charge < -0.3 is 10.4 Å². The van der Waals surface area contributed by atoms with Crippen molar-refractivity contribution >= 4 is 23.1 Å². The van der Waals surface area contributed by atoms with Crippen LogP contribution in [0.1, 0.15) is 5.56 Å². The van der Waals surface area contributed by atoms with Crippen LogP contribution in [0.3, 0.4) is 0 Å². The lowest BCUT2D eigenvalue weighted by molar-refractivity contribution is -0.384. The Morgan fingerprint density at radius 2 is 2.10 bits per heavy atom. The quantitative estimate of drug-likeness (QED) is 0.499. The van der Waals surface area contributed by atoms with Gasteiger partial charge in [-0.3, -0.25) is 10.1 Å². The van der Waals surface area contributed by atoms with Gasteiger partial charge in [0.05, 0.1) is 4.92 Å². The summed E-state index contributed by atoms with van der Waals surface area (Å²) >= 11 is 1.52. The Hall–Kier alpha value is -2.21. The zero-order valence-corrected chi connectivity index (χ0v) is 11.7. The van der Waals surface area contributed by atoms with E-state index in [-0.39, 0.29) is 11.4 Å². The van der Waals surface area contributed by atoms with Gasteiger partial charge in [-0.25, -0.2) is 0 Å². The van der Waals surface area contributed by atoms with Crippen LogP contribution in [-0.4, -0.2) is 17.1 Å². The van der Waals surface area contributed by atoms with Gasteiger partial charge in [0.2, 0.25) is 0 Å². The smallest absolute Gasteiger partial charge is 0.292 e. The molecule has 0 atom stereocenters. The molecule has 2 aromatic rings. The van der Waals surface area contributed by atoms with Gasteiger partial charge in [-0.15, -0.1) is 11.8 Å². The van der Waals surface area contributed by atoms with E-state index in [2.05, 4.69) is 5.32 Å². The predicted octanol–water partition coefficient (Wildman–Crippen LogP) is 3.63. The molecule has 0 bridgehead atoms. The number of benzene rings is 2. The second-order valence-corrected chi connectivity index (χ2v) is 5.19. The third kappa shape index (κ3) is 3.42. The molecule has 2 aromatic carbocycles. The molecule has 2 rings (SSSR count). The lowest BCUT2D eigenvalue weighted by Crippen LogP contribution is -1.97. The van der Waals surface area contributed by atoms with Gasteiger partial charge in [-0.2, -0.15) is 0 Å². The molecule has 20 heavy (non-hydrogen) atoms. The van der Waals surface area contributed by atoms with E-state index in [0.717, 1.165) is 10.5 Å². The highest BCUT2D eigenvalue weighted by Crippen LogP contribution is 2.30. The van der Waals surface area contributed by atoms with Gasteiger partial charge in [-0.05, 0) is 29.8 Å². The van der Waals surface area contributed by atoms with E-state index in [1.807, 2.05) is 12.1 Å². The minimum absolute atomic E-state index is 0.0708. The summed E-state index contributed by atoms with van der Waals surface area (Å²) in [6, 6.07) is 12.1. The van der Waals surface area contributed by atoms with E-state index in [1.54, 1.807) is 37.4 Å². The number of nitrogens with one attached hydrogen (secondary N) is 1.